The number of ether oxygens (including phenoxy) is 1. The van der Waals surface area contributed by atoms with Crippen LogP contribution < -0.4 is 10.6 Å². The van der Waals surface area contributed by atoms with Gasteiger partial charge in [-0.15, -0.1) is 0 Å². The van der Waals surface area contributed by atoms with Gasteiger partial charge in [-0.3, -0.25) is 4.79 Å². The van der Waals surface area contributed by atoms with Crippen LogP contribution in [-0.2, 0) is 16.1 Å². The SMILES string of the molecule is Cc1cccc(CNC(=O)NC2COCC2C(=O)O)c1. The first-order valence-corrected chi connectivity index (χ1v) is 6.46. The highest BCUT2D eigenvalue weighted by Crippen LogP contribution is 2.13. The monoisotopic (exact) mass is 278 g/mol. The van der Waals surface area contributed by atoms with Gasteiger partial charge in [0.2, 0.25) is 0 Å². The van der Waals surface area contributed by atoms with Crippen LogP contribution in [0.4, 0.5) is 4.79 Å². The van der Waals surface area contributed by atoms with E-state index in [0.29, 0.717) is 6.54 Å². The largest absolute Gasteiger partial charge is 0.481 e. The maximum absolute atomic E-state index is 11.8. The van der Waals surface area contributed by atoms with Crippen molar-refractivity contribution >= 4 is 12.0 Å². The standard InChI is InChI=1S/C14H18N2O4/c1-9-3-2-4-10(5-9)6-15-14(19)16-12-8-20-7-11(12)13(17)18/h2-5,11-12H,6-8H2,1H3,(H,17,18)(H2,15,16,19). The molecule has 1 aromatic rings. The van der Waals surface area contributed by atoms with Crippen LogP contribution in [0, 0.1) is 12.8 Å². The van der Waals surface area contributed by atoms with Crippen molar-refractivity contribution in [3.63, 3.8) is 0 Å². The first kappa shape index (κ1) is 14.3. The van der Waals surface area contributed by atoms with Crippen molar-refractivity contribution in [2.45, 2.75) is 19.5 Å². The maximum Gasteiger partial charge on any atom is 0.315 e. The fourth-order valence-electron chi connectivity index (χ4n) is 2.16. The van der Waals surface area contributed by atoms with Crippen LogP contribution in [0.15, 0.2) is 24.3 Å². The summed E-state index contributed by atoms with van der Waals surface area (Å²) in [6.45, 7) is 2.75. The number of urea groups is 1. The Morgan fingerprint density at radius 2 is 2.20 bits per heavy atom. The number of carboxylic acids is 1. The van der Waals surface area contributed by atoms with Crippen LogP contribution in [-0.4, -0.2) is 36.4 Å². The lowest BCUT2D eigenvalue weighted by atomic mass is 10.0. The summed E-state index contributed by atoms with van der Waals surface area (Å²) in [5.41, 5.74) is 2.12. The molecule has 0 aliphatic carbocycles. The highest BCUT2D eigenvalue weighted by atomic mass is 16.5. The molecule has 1 saturated heterocycles. The van der Waals surface area contributed by atoms with E-state index >= 15 is 0 Å². The fraction of sp³-hybridized carbons (Fsp3) is 0.429. The Kier molecular flexibility index (Phi) is 4.57. The molecule has 3 N–H and O–H groups in total. The number of carboxylic acid groups (broad SMARTS) is 1. The molecule has 1 fully saturated rings. The van der Waals surface area contributed by atoms with Crippen molar-refractivity contribution in [3.8, 4) is 0 Å². The Bertz CT molecular complexity index is 504. The quantitative estimate of drug-likeness (QED) is 0.763. The second-order valence-electron chi connectivity index (χ2n) is 4.90. The Morgan fingerprint density at radius 1 is 1.40 bits per heavy atom. The molecule has 6 heteroatoms. The number of amides is 2. The first-order chi connectivity index (χ1) is 9.56. The van der Waals surface area contributed by atoms with E-state index < -0.39 is 17.9 Å². The number of hydrogen-bond acceptors (Lipinski definition) is 3. The van der Waals surface area contributed by atoms with Crippen LogP contribution in [0.2, 0.25) is 0 Å². The van der Waals surface area contributed by atoms with E-state index in [1.165, 1.54) is 0 Å². The van der Waals surface area contributed by atoms with E-state index in [-0.39, 0.29) is 19.2 Å². The predicted octanol–water partition coefficient (Wildman–Crippen LogP) is 0.894. The molecular formula is C14H18N2O4. The van der Waals surface area contributed by atoms with E-state index in [2.05, 4.69) is 10.6 Å². The zero-order chi connectivity index (χ0) is 14.5. The van der Waals surface area contributed by atoms with Gasteiger partial charge in [0.05, 0.1) is 19.3 Å². The van der Waals surface area contributed by atoms with Crippen LogP contribution in [0.25, 0.3) is 0 Å². The summed E-state index contributed by atoms with van der Waals surface area (Å²) in [6, 6.07) is 6.95. The molecule has 0 bridgehead atoms. The Hall–Kier alpha value is -2.08. The highest BCUT2D eigenvalue weighted by Gasteiger charge is 2.34. The average molecular weight is 278 g/mol. The van der Waals surface area contributed by atoms with Crippen molar-refractivity contribution in [3.05, 3.63) is 35.4 Å². The van der Waals surface area contributed by atoms with E-state index in [1.807, 2.05) is 31.2 Å². The van der Waals surface area contributed by atoms with Crippen LogP contribution in [0.3, 0.4) is 0 Å². The molecule has 2 rings (SSSR count). The lowest BCUT2D eigenvalue weighted by Gasteiger charge is -2.16. The average Bonchev–Trinajstić information content (AvgIpc) is 2.85. The molecule has 0 saturated carbocycles. The lowest BCUT2D eigenvalue weighted by molar-refractivity contribution is -0.142. The molecular weight excluding hydrogens is 260 g/mol. The molecule has 1 aliphatic rings. The predicted molar refractivity (Wildman–Crippen MR) is 72.3 cm³/mol. The smallest absolute Gasteiger partial charge is 0.315 e. The molecule has 2 amide bonds. The second-order valence-corrected chi connectivity index (χ2v) is 4.90. The van der Waals surface area contributed by atoms with E-state index in [1.54, 1.807) is 0 Å². The summed E-state index contributed by atoms with van der Waals surface area (Å²) in [7, 11) is 0. The molecule has 1 heterocycles. The molecule has 2 atom stereocenters. The van der Waals surface area contributed by atoms with Crippen LogP contribution in [0.5, 0.6) is 0 Å². The van der Waals surface area contributed by atoms with Gasteiger partial charge in [-0.1, -0.05) is 29.8 Å². The summed E-state index contributed by atoms with van der Waals surface area (Å²) in [5, 5.41) is 14.3. The Labute approximate surface area is 117 Å². The molecule has 0 spiro atoms. The molecule has 1 aliphatic heterocycles. The second kappa shape index (κ2) is 6.38. The zero-order valence-corrected chi connectivity index (χ0v) is 11.3. The van der Waals surface area contributed by atoms with Crippen molar-refractivity contribution in [2.75, 3.05) is 13.2 Å². The number of benzene rings is 1. The van der Waals surface area contributed by atoms with E-state index in [9.17, 15) is 9.59 Å². The fourth-order valence-corrected chi connectivity index (χ4v) is 2.16. The van der Waals surface area contributed by atoms with Gasteiger partial charge in [0.1, 0.15) is 5.92 Å². The van der Waals surface area contributed by atoms with Gasteiger partial charge in [-0.25, -0.2) is 4.79 Å². The summed E-state index contributed by atoms with van der Waals surface area (Å²) < 4.78 is 5.09. The first-order valence-electron chi connectivity index (χ1n) is 6.46. The van der Waals surface area contributed by atoms with Gasteiger partial charge in [0.25, 0.3) is 0 Å². The number of rotatable bonds is 4. The zero-order valence-electron chi connectivity index (χ0n) is 11.3. The molecule has 2 unspecified atom stereocenters. The van der Waals surface area contributed by atoms with Gasteiger partial charge in [0, 0.05) is 6.54 Å². The third kappa shape index (κ3) is 3.71. The molecule has 6 nitrogen and oxygen atoms in total. The summed E-state index contributed by atoms with van der Waals surface area (Å²) in [4.78, 5) is 22.7. The number of hydrogen-bond donors (Lipinski definition) is 3. The molecule has 0 radical (unpaired) electrons. The van der Waals surface area contributed by atoms with Crippen LogP contribution in [0.1, 0.15) is 11.1 Å². The molecule has 0 aromatic heterocycles. The van der Waals surface area contributed by atoms with Gasteiger partial charge < -0.3 is 20.5 Å². The number of carbonyl (C=O) groups is 2. The number of nitrogens with one attached hydrogen (secondary N) is 2. The minimum atomic E-state index is -0.952. The van der Waals surface area contributed by atoms with E-state index in [4.69, 9.17) is 9.84 Å². The number of aryl methyl sites for hydroxylation is 1. The maximum atomic E-state index is 11.8. The third-order valence-corrected chi connectivity index (χ3v) is 3.25. The number of carbonyl (C=O) groups excluding carboxylic acids is 1. The van der Waals surface area contributed by atoms with E-state index in [0.717, 1.165) is 11.1 Å². The molecule has 20 heavy (non-hydrogen) atoms. The minimum Gasteiger partial charge on any atom is -0.481 e. The third-order valence-electron chi connectivity index (χ3n) is 3.25. The summed E-state index contributed by atoms with van der Waals surface area (Å²) in [6.07, 6.45) is 0. The van der Waals surface area contributed by atoms with Crippen molar-refractivity contribution < 1.29 is 19.4 Å². The summed E-state index contributed by atoms with van der Waals surface area (Å²) >= 11 is 0. The van der Waals surface area contributed by atoms with Gasteiger partial charge in [0.15, 0.2) is 0 Å². The number of aliphatic carboxylic acids is 1. The summed E-state index contributed by atoms with van der Waals surface area (Å²) in [5.74, 6) is -1.63. The minimum absolute atomic E-state index is 0.137. The van der Waals surface area contributed by atoms with Crippen molar-refractivity contribution in [1.82, 2.24) is 10.6 Å². The lowest BCUT2D eigenvalue weighted by Crippen LogP contribution is -2.47. The van der Waals surface area contributed by atoms with Gasteiger partial charge in [-0.05, 0) is 12.5 Å². The van der Waals surface area contributed by atoms with Gasteiger partial charge >= 0.3 is 12.0 Å². The molecule has 108 valence electrons. The van der Waals surface area contributed by atoms with Crippen LogP contribution >= 0.6 is 0 Å². The van der Waals surface area contributed by atoms with Crippen molar-refractivity contribution in [2.24, 2.45) is 5.92 Å². The van der Waals surface area contributed by atoms with Crippen molar-refractivity contribution in [1.29, 1.82) is 0 Å². The highest BCUT2D eigenvalue weighted by molar-refractivity contribution is 5.77. The van der Waals surface area contributed by atoms with Gasteiger partial charge in [-0.2, -0.15) is 0 Å². The Balaban J connectivity index is 1.82. The normalized spacial score (nSPS) is 21.4. The topological polar surface area (TPSA) is 87.7 Å². The Morgan fingerprint density at radius 3 is 2.90 bits per heavy atom. The molecule has 1 aromatic carbocycles.